The lowest BCUT2D eigenvalue weighted by Crippen LogP contribution is -2.35. The van der Waals surface area contributed by atoms with Gasteiger partial charge in [-0.3, -0.25) is 9.52 Å². The standard InChI is InChI=1S/C17H17N3O4S/c1-11-16(14-8-3-4-9-15(14)18-11)17(21)20-25(22,23)19-12-6-5-7-13(10-12)24-2/h3-10,18-19H,1-2H3,(H,20,21). The molecule has 0 fully saturated rings. The summed E-state index contributed by atoms with van der Waals surface area (Å²) >= 11 is 0. The lowest BCUT2D eigenvalue weighted by Gasteiger charge is -2.10. The van der Waals surface area contributed by atoms with Gasteiger partial charge in [-0.1, -0.05) is 24.3 Å². The van der Waals surface area contributed by atoms with Crippen molar-refractivity contribution in [3.63, 3.8) is 0 Å². The van der Waals surface area contributed by atoms with Gasteiger partial charge in [0, 0.05) is 22.7 Å². The van der Waals surface area contributed by atoms with Crippen LogP contribution in [0.5, 0.6) is 5.75 Å². The van der Waals surface area contributed by atoms with Gasteiger partial charge in [-0.2, -0.15) is 8.42 Å². The van der Waals surface area contributed by atoms with Crippen LogP contribution in [0.4, 0.5) is 5.69 Å². The highest BCUT2D eigenvalue weighted by molar-refractivity contribution is 7.91. The molecule has 7 nitrogen and oxygen atoms in total. The minimum absolute atomic E-state index is 0.287. The van der Waals surface area contributed by atoms with Gasteiger partial charge in [0.05, 0.1) is 18.4 Å². The number of carbonyl (C=O) groups excluding carboxylic acids is 1. The van der Waals surface area contributed by atoms with Crippen LogP contribution in [0.25, 0.3) is 10.9 Å². The number of hydrogen-bond donors (Lipinski definition) is 3. The van der Waals surface area contributed by atoms with Crippen LogP contribution in [0.2, 0.25) is 0 Å². The summed E-state index contributed by atoms with van der Waals surface area (Å²) in [6.07, 6.45) is 0. The van der Waals surface area contributed by atoms with Crippen molar-refractivity contribution in [2.75, 3.05) is 11.8 Å². The summed E-state index contributed by atoms with van der Waals surface area (Å²) in [5, 5.41) is 0.661. The van der Waals surface area contributed by atoms with Gasteiger partial charge in [0.2, 0.25) is 0 Å². The van der Waals surface area contributed by atoms with Crippen molar-refractivity contribution in [3.05, 3.63) is 59.8 Å². The number of ether oxygens (including phenoxy) is 1. The van der Waals surface area contributed by atoms with Crippen LogP contribution in [0.1, 0.15) is 16.1 Å². The molecule has 0 atom stereocenters. The molecule has 3 N–H and O–H groups in total. The Morgan fingerprint density at radius 2 is 1.88 bits per heavy atom. The molecule has 0 bridgehead atoms. The first kappa shape index (κ1) is 16.8. The number of amides is 1. The molecule has 0 aliphatic rings. The van der Waals surface area contributed by atoms with Crippen LogP contribution in [-0.2, 0) is 10.2 Å². The second kappa shape index (κ2) is 6.48. The maximum absolute atomic E-state index is 12.5. The van der Waals surface area contributed by atoms with E-state index in [2.05, 4.69) is 9.71 Å². The Morgan fingerprint density at radius 1 is 1.12 bits per heavy atom. The zero-order valence-electron chi connectivity index (χ0n) is 13.7. The van der Waals surface area contributed by atoms with Crippen molar-refractivity contribution < 1.29 is 17.9 Å². The third-order valence-corrected chi connectivity index (χ3v) is 4.63. The monoisotopic (exact) mass is 359 g/mol. The smallest absolute Gasteiger partial charge is 0.323 e. The first-order valence-corrected chi connectivity index (χ1v) is 8.94. The lowest BCUT2D eigenvalue weighted by atomic mass is 10.1. The molecule has 0 spiro atoms. The van der Waals surface area contributed by atoms with Crippen LogP contribution in [0.15, 0.2) is 48.5 Å². The van der Waals surface area contributed by atoms with Crippen molar-refractivity contribution in [2.24, 2.45) is 0 Å². The summed E-state index contributed by atoms with van der Waals surface area (Å²) in [6, 6.07) is 13.6. The Bertz CT molecular complexity index is 1040. The van der Waals surface area contributed by atoms with E-state index >= 15 is 0 Å². The van der Waals surface area contributed by atoms with Gasteiger partial charge in [-0.25, -0.2) is 4.72 Å². The third-order valence-electron chi connectivity index (χ3n) is 3.67. The van der Waals surface area contributed by atoms with E-state index in [1.807, 2.05) is 16.9 Å². The quantitative estimate of drug-likeness (QED) is 0.652. The van der Waals surface area contributed by atoms with Crippen molar-refractivity contribution in [1.82, 2.24) is 9.71 Å². The molecule has 3 aromatic rings. The molecule has 1 heterocycles. The fourth-order valence-corrected chi connectivity index (χ4v) is 3.44. The molecule has 0 saturated carbocycles. The minimum atomic E-state index is -4.09. The number of anilines is 1. The van der Waals surface area contributed by atoms with Gasteiger partial charge in [0.25, 0.3) is 5.91 Å². The molecular formula is C17H17N3O4S. The fraction of sp³-hybridized carbons (Fsp3) is 0.118. The van der Waals surface area contributed by atoms with Gasteiger partial charge in [-0.05, 0) is 25.1 Å². The van der Waals surface area contributed by atoms with E-state index in [9.17, 15) is 13.2 Å². The van der Waals surface area contributed by atoms with Crippen molar-refractivity contribution >= 4 is 32.7 Å². The maximum atomic E-state index is 12.5. The topological polar surface area (TPSA) is 100 Å². The van der Waals surface area contributed by atoms with Crippen molar-refractivity contribution in [3.8, 4) is 5.75 Å². The molecule has 1 aromatic heterocycles. The van der Waals surface area contributed by atoms with Gasteiger partial charge >= 0.3 is 10.2 Å². The molecule has 130 valence electrons. The zero-order chi connectivity index (χ0) is 18.0. The predicted octanol–water partition coefficient (Wildman–Crippen LogP) is 2.57. The molecule has 0 unspecified atom stereocenters. The zero-order valence-corrected chi connectivity index (χ0v) is 14.5. The van der Waals surface area contributed by atoms with E-state index in [-0.39, 0.29) is 5.69 Å². The molecule has 0 aliphatic carbocycles. The highest BCUT2D eigenvalue weighted by Crippen LogP contribution is 2.22. The lowest BCUT2D eigenvalue weighted by molar-refractivity contribution is 0.0982. The first-order valence-electron chi connectivity index (χ1n) is 7.46. The summed E-state index contributed by atoms with van der Waals surface area (Å²) < 4.78 is 33.9. The van der Waals surface area contributed by atoms with Crippen molar-refractivity contribution in [2.45, 2.75) is 6.92 Å². The van der Waals surface area contributed by atoms with Gasteiger partial charge in [0.1, 0.15) is 5.75 Å². The number of methoxy groups -OCH3 is 1. The number of para-hydroxylation sites is 1. The number of aryl methyl sites for hydroxylation is 1. The summed E-state index contributed by atoms with van der Waals surface area (Å²) in [4.78, 5) is 15.6. The number of aromatic amines is 1. The SMILES string of the molecule is COc1cccc(NS(=O)(=O)NC(=O)c2c(C)[nH]c3ccccc23)c1. The van der Waals surface area contributed by atoms with Crippen LogP contribution in [-0.4, -0.2) is 26.4 Å². The molecule has 0 saturated heterocycles. The molecule has 8 heteroatoms. The Balaban J connectivity index is 1.84. The average molecular weight is 359 g/mol. The molecule has 1 amide bonds. The molecular weight excluding hydrogens is 342 g/mol. The molecule has 25 heavy (non-hydrogen) atoms. The van der Waals surface area contributed by atoms with Crippen LogP contribution < -0.4 is 14.2 Å². The summed E-state index contributed by atoms with van der Waals surface area (Å²) in [6.45, 7) is 1.72. The third kappa shape index (κ3) is 3.58. The number of rotatable bonds is 5. The van der Waals surface area contributed by atoms with Crippen LogP contribution in [0.3, 0.4) is 0 Å². The number of aromatic nitrogens is 1. The van der Waals surface area contributed by atoms with E-state index in [4.69, 9.17) is 4.74 Å². The largest absolute Gasteiger partial charge is 0.497 e. The molecule has 2 aromatic carbocycles. The van der Waals surface area contributed by atoms with Gasteiger partial charge < -0.3 is 9.72 Å². The number of benzene rings is 2. The first-order chi connectivity index (χ1) is 11.9. The van der Waals surface area contributed by atoms with E-state index in [0.29, 0.717) is 22.4 Å². The van der Waals surface area contributed by atoms with E-state index in [1.165, 1.54) is 13.2 Å². The fourth-order valence-electron chi connectivity index (χ4n) is 2.61. The maximum Gasteiger partial charge on any atom is 0.323 e. The predicted molar refractivity (Wildman–Crippen MR) is 96.0 cm³/mol. The normalized spacial score (nSPS) is 11.3. The number of fused-ring (bicyclic) bond motifs is 1. The van der Waals surface area contributed by atoms with E-state index < -0.39 is 16.1 Å². The molecule has 0 radical (unpaired) electrons. The van der Waals surface area contributed by atoms with E-state index in [0.717, 1.165) is 5.52 Å². The second-order valence-corrected chi connectivity index (χ2v) is 6.85. The van der Waals surface area contributed by atoms with Crippen molar-refractivity contribution in [1.29, 1.82) is 0 Å². The second-order valence-electron chi connectivity index (χ2n) is 5.44. The average Bonchev–Trinajstić information content (AvgIpc) is 2.89. The van der Waals surface area contributed by atoms with E-state index in [1.54, 1.807) is 37.3 Å². The summed E-state index contributed by atoms with van der Waals surface area (Å²) in [5.74, 6) is -0.204. The summed E-state index contributed by atoms with van der Waals surface area (Å²) in [7, 11) is -2.61. The minimum Gasteiger partial charge on any atom is -0.497 e. The number of carbonyl (C=O) groups is 1. The van der Waals surface area contributed by atoms with Crippen LogP contribution >= 0.6 is 0 Å². The molecule has 3 rings (SSSR count). The Kier molecular flexibility index (Phi) is 4.37. The Hall–Kier alpha value is -3.00. The highest BCUT2D eigenvalue weighted by Gasteiger charge is 2.21. The summed E-state index contributed by atoms with van der Waals surface area (Å²) in [5.41, 5.74) is 1.94. The number of H-pyrrole nitrogens is 1. The Labute approximate surface area is 145 Å². The number of nitrogens with one attached hydrogen (secondary N) is 3. The number of hydrogen-bond acceptors (Lipinski definition) is 4. The van der Waals surface area contributed by atoms with Gasteiger partial charge in [0.15, 0.2) is 0 Å². The highest BCUT2D eigenvalue weighted by atomic mass is 32.2. The van der Waals surface area contributed by atoms with Crippen LogP contribution in [0, 0.1) is 6.92 Å². The Morgan fingerprint density at radius 3 is 2.64 bits per heavy atom. The van der Waals surface area contributed by atoms with Gasteiger partial charge in [-0.15, -0.1) is 0 Å². The molecule has 0 aliphatic heterocycles.